The van der Waals surface area contributed by atoms with Gasteiger partial charge >= 0.3 is 0 Å². The molecule has 1 aromatic carbocycles. The smallest absolute Gasteiger partial charge is 0.160 e. The van der Waals surface area contributed by atoms with Gasteiger partial charge in [-0.05, 0) is 50.6 Å². The molecule has 94 valence electrons. The summed E-state index contributed by atoms with van der Waals surface area (Å²) in [5, 5.41) is 3.02. The van der Waals surface area contributed by atoms with E-state index in [9.17, 15) is 4.79 Å². The van der Waals surface area contributed by atoms with E-state index in [2.05, 4.69) is 12.2 Å². The molecule has 0 radical (unpaired) electrons. The lowest BCUT2D eigenvalue weighted by Gasteiger charge is -2.13. The fourth-order valence-corrected chi connectivity index (χ4v) is 1.92. The van der Waals surface area contributed by atoms with E-state index in [0.717, 1.165) is 35.4 Å². The van der Waals surface area contributed by atoms with Gasteiger partial charge in [0.2, 0.25) is 0 Å². The molecule has 0 saturated heterocycles. The highest BCUT2D eigenvalue weighted by Crippen LogP contribution is 2.23. The number of Topliss-reactive ketones (excluding diaryl/α,β-unsaturated/α-hetero) is 1. The Morgan fingerprint density at radius 1 is 1.41 bits per heavy atom. The highest BCUT2D eigenvalue weighted by Gasteiger charge is 2.11. The minimum Gasteiger partial charge on any atom is -0.492 e. The number of rotatable bonds is 6. The maximum Gasteiger partial charge on any atom is 0.160 e. The van der Waals surface area contributed by atoms with Crippen LogP contribution in [0.15, 0.2) is 12.1 Å². The molecule has 0 aliphatic rings. The summed E-state index contributed by atoms with van der Waals surface area (Å²) in [6.07, 6.45) is 0.873. The monoisotopic (exact) mass is 235 g/mol. The number of ketones is 1. The summed E-state index contributed by atoms with van der Waals surface area (Å²) in [5.74, 6) is 0.879. The molecule has 0 amide bonds. The van der Waals surface area contributed by atoms with Crippen molar-refractivity contribution in [3.8, 4) is 5.75 Å². The van der Waals surface area contributed by atoms with Gasteiger partial charge in [-0.3, -0.25) is 4.79 Å². The quantitative estimate of drug-likeness (QED) is 0.607. The molecule has 0 spiro atoms. The predicted molar refractivity (Wildman–Crippen MR) is 70.0 cm³/mol. The van der Waals surface area contributed by atoms with Crippen LogP contribution >= 0.6 is 0 Å². The summed E-state index contributed by atoms with van der Waals surface area (Å²) in [7, 11) is 1.88. The van der Waals surface area contributed by atoms with E-state index in [-0.39, 0.29) is 5.78 Å². The van der Waals surface area contributed by atoms with Crippen LogP contribution in [-0.4, -0.2) is 26.0 Å². The van der Waals surface area contributed by atoms with Crippen molar-refractivity contribution in [1.82, 2.24) is 5.32 Å². The Kier molecular flexibility index (Phi) is 5.16. The molecule has 1 aromatic rings. The third-order valence-electron chi connectivity index (χ3n) is 2.80. The molecule has 0 bridgehead atoms. The van der Waals surface area contributed by atoms with Crippen molar-refractivity contribution >= 4 is 5.78 Å². The van der Waals surface area contributed by atoms with Gasteiger partial charge in [-0.1, -0.05) is 6.92 Å². The van der Waals surface area contributed by atoms with E-state index in [1.807, 2.05) is 26.1 Å². The summed E-state index contributed by atoms with van der Waals surface area (Å²) in [6, 6.07) is 3.85. The lowest BCUT2D eigenvalue weighted by molar-refractivity contribution is 0.101. The van der Waals surface area contributed by atoms with Crippen LogP contribution in [0.5, 0.6) is 5.75 Å². The van der Waals surface area contributed by atoms with E-state index in [1.165, 1.54) is 0 Å². The Labute approximate surface area is 103 Å². The Balaban J connectivity index is 2.98. The number of nitrogens with one attached hydrogen (secondary N) is 1. The third-order valence-corrected chi connectivity index (χ3v) is 2.80. The predicted octanol–water partition coefficient (Wildman–Crippen LogP) is 2.36. The summed E-state index contributed by atoms with van der Waals surface area (Å²) < 4.78 is 5.60. The minimum atomic E-state index is 0.101. The summed E-state index contributed by atoms with van der Waals surface area (Å²) in [4.78, 5) is 11.6. The number of hydrogen-bond acceptors (Lipinski definition) is 3. The molecule has 0 unspecified atom stereocenters. The molecule has 0 atom stereocenters. The van der Waals surface area contributed by atoms with Crippen LogP contribution in [0.25, 0.3) is 0 Å². The Morgan fingerprint density at radius 2 is 2.12 bits per heavy atom. The molecule has 0 heterocycles. The van der Waals surface area contributed by atoms with Gasteiger partial charge in [0.25, 0.3) is 0 Å². The van der Waals surface area contributed by atoms with E-state index < -0.39 is 0 Å². The first-order chi connectivity index (χ1) is 8.10. The number of likely N-dealkylation sites (N-methyl/N-ethyl adjacent to an activating group) is 1. The van der Waals surface area contributed by atoms with Crippen molar-refractivity contribution in [3.05, 3.63) is 28.8 Å². The molecule has 0 aromatic heterocycles. The lowest BCUT2D eigenvalue weighted by Crippen LogP contribution is -2.16. The summed E-state index contributed by atoms with van der Waals surface area (Å²) in [5.41, 5.74) is 3.03. The van der Waals surface area contributed by atoms with Gasteiger partial charge in [-0.2, -0.15) is 0 Å². The number of aryl methyl sites for hydroxylation is 1. The minimum absolute atomic E-state index is 0.101. The molecule has 3 heteroatoms. The standard InChI is InChI=1S/C14H21NO2/c1-5-13-10(2)8-12(17-7-6-15-4)9-14(13)11(3)16/h8-9,15H,5-7H2,1-4H3. The van der Waals surface area contributed by atoms with Gasteiger partial charge in [0.15, 0.2) is 5.78 Å². The third kappa shape index (κ3) is 3.56. The topological polar surface area (TPSA) is 38.3 Å². The summed E-state index contributed by atoms with van der Waals surface area (Å²) in [6.45, 7) is 7.10. The Bertz CT molecular complexity index is 399. The normalized spacial score (nSPS) is 10.4. The highest BCUT2D eigenvalue weighted by molar-refractivity contribution is 5.96. The molecule has 0 aliphatic heterocycles. The fraction of sp³-hybridized carbons (Fsp3) is 0.500. The van der Waals surface area contributed by atoms with Crippen LogP contribution in [0.1, 0.15) is 35.3 Å². The second-order valence-corrected chi connectivity index (χ2v) is 4.13. The number of ether oxygens (including phenoxy) is 1. The first-order valence-corrected chi connectivity index (χ1v) is 6.02. The highest BCUT2D eigenvalue weighted by atomic mass is 16.5. The summed E-state index contributed by atoms with van der Waals surface area (Å²) >= 11 is 0. The maximum absolute atomic E-state index is 11.6. The zero-order valence-electron chi connectivity index (χ0n) is 11.1. The maximum atomic E-state index is 11.6. The van der Waals surface area contributed by atoms with Crippen molar-refractivity contribution in [2.45, 2.75) is 27.2 Å². The van der Waals surface area contributed by atoms with E-state index in [1.54, 1.807) is 6.92 Å². The molecule has 3 nitrogen and oxygen atoms in total. The molecule has 0 fully saturated rings. The van der Waals surface area contributed by atoms with Crippen molar-refractivity contribution in [2.24, 2.45) is 0 Å². The molecule has 0 saturated carbocycles. The molecule has 1 N–H and O–H groups in total. The van der Waals surface area contributed by atoms with Crippen molar-refractivity contribution in [3.63, 3.8) is 0 Å². The van der Waals surface area contributed by atoms with E-state index in [0.29, 0.717) is 6.61 Å². The number of hydrogen-bond donors (Lipinski definition) is 1. The van der Waals surface area contributed by atoms with Crippen LogP contribution in [0.2, 0.25) is 0 Å². The SMILES string of the molecule is CCc1c(C)cc(OCCNC)cc1C(C)=O. The first kappa shape index (κ1) is 13.7. The molecule has 0 aliphatic carbocycles. The Hall–Kier alpha value is -1.35. The lowest BCUT2D eigenvalue weighted by atomic mass is 9.97. The largest absolute Gasteiger partial charge is 0.492 e. The zero-order chi connectivity index (χ0) is 12.8. The van der Waals surface area contributed by atoms with E-state index >= 15 is 0 Å². The number of carbonyl (C=O) groups excluding carboxylic acids is 1. The van der Waals surface area contributed by atoms with Gasteiger partial charge in [-0.25, -0.2) is 0 Å². The van der Waals surface area contributed by atoms with Crippen LogP contribution in [-0.2, 0) is 6.42 Å². The first-order valence-electron chi connectivity index (χ1n) is 6.02. The average Bonchev–Trinajstić information content (AvgIpc) is 2.28. The van der Waals surface area contributed by atoms with Crippen LogP contribution in [0.3, 0.4) is 0 Å². The van der Waals surface area contributed by atoms with Crippen LogP contribution in [0.4, 0.5) is 0 Å². The zero-order valence-corrected chi connectivity index (χ0v) is 11.1. The van der Waals surface area contributed by atoms with Gasteiger partial charge in [0, 0.05) is 12.1 Å². The van der Waals surface area contributed by atoms with Gasteiger partial charge in [0.05, 0.1) is 0 Å². The second-order valence-electron chi connectivity index (χ2n) is 4.13. The van der Waals surface area contributed by atoms with Crippen molar-refractivity contribution in [1.29, 1.82) is 0 Å². The van der Waals surface area contributed by atoms with Crippen molar-refractivity contribution in [2.75, 3.05) is 20.2 Å². The van der Waals surface area contributed by atoms with Gasteiger partial charge in [0.1, 0.15) is 12.4 Å². The Morgan fingerprint density at radius 3 is 2.65 bits per heavy atom. The molecular weight excluding hydrogens is 214 g/mol. The average molecular weight is 235 g/mol. The molecular formula is C14H21NO2. The van der Waals surface area contributed by atoms with Gasteiger partial charge in [-0.15, -0.1) is 0 Å². The fourth-order valence-electron chi connectivity index (χ4n) is 1.92. The van der Waals surface area contributed by atoms with Crippen LogP contribution in [0, 0.1) is 6.92 Å². The van der Waals surface area contributed by atoms with Crippen molar-refractivity contribution < 1.29 is 9.53 Å². The molecule has 1 rings (SSSR count). The molecule has 17 heavy (non-hydrogen) atoms. The van der Waals surface area contributed by atoms with Crippen LogP contribution < -0.4 is 10.1 Å². The number of carbonyl (C=O) groups is 1. The van der Waals surface area contributed by atoms with E-state index in [4.69, 9.17) is 4.74 Å². The van der Waals surface area contributed by atoms with Gasteiger partial charge < -0.3 is 10.1 Å². The second kappa shape index (κ2) is 6.40. The number of benzene rings is 1.